The van der Waals surface area contributed by atoms with Crippen molar-refractivity contribution in [1.29, 1.82) is 0 Å². The van der Waals surface area contributed by atoms with Crippen molar-refractivity contribution in [1.82, 2.24) is 24.9 Å². The minimum atomic E-state index is -3.68. The molecule has 9 heteroatoms. The summed E-state index contributed by atoms with van der Waals surface area (Å²) in [6.45, 7) is 0.0123. The first-order chi connectivity index (χ1) is 11.6. The summed E-state index contributed by atoms with van der Waals surface area (Å²) in [6, 6.07) is 10.3. The molecule has 0 atom stereocenters. The van der Waals surface area contributed by atoms with E-state index in [1.807, 2.05) is 18.2 Å². The summed E-state index contributed by atoms with van der Waals surface area (Å²) in [7, 11) is -2.14. The molecule has 0 unspecified atom stereocenters. The predicted molar refractivity (Wildman–Crippen MR) is 86.6 cm³/mol. The standard InChI is InChI=1S/C15H15N5O3S/c1-23-12-8-11(10-18-24(21,22)15-5-7-17-20-15)19-14(9-12)13-4-2-3-6-16-13/h2-9,18H,10H2,1H3,(H,17,20). The van der Waals surface area contributed by atoms with Gasteiger partial charge in [0.25, 0.3) is 10.0 Å². The lowest BCUT2D eigenvalue weighted by Crippen LogP contribution is -2.24. The van der Waals surface area contributed by atoms with Crippen LogP contribution in [0.1, 0.15) is 5.69 Å². The number of pyridine rings is 2. The molecule has 0 fully saturated rings. The Hall–Kier alpha value is -2.78. The molecular weight excluding hydrogens is 330 g/mol. The van der Waals surface area contributed by atoms with E-state index in [0.717, 1.165) is 0 Å². The molecule has 124 valence electrons. The van der Waals surface area contributed by atoms with Crippen LogP contribution in [0.15, 0.2) is 53.8 Å². The van der Waals surface area contributed by atoms with Crippen LogP contribution in [0.25, 0.3) is 11.4 Å². The Labute approximate surface area is 139 Å². The van der Waals surface area contributed by atoms with Crippen LogP contribution in [0.2, 0.25) is 0 Å². The summed E-state index contributed by atoms with van der Waals surface area (Å²) in [6.07, 6.45) is 3.04. The molecule has 0 aromatic carbocycles. The normalized spacial score (nSPS) is 11.4. The third kappa shape index (κ3) is 3.58. The Morgan fingerprint density at radius 3 is 2.71 bits per heavy atom. The number of nitrogens with zero attached hydrogens (tertiary/aromatic N) is 3. The van der Waals surface area contributed by atoms with E-state index in [0.29, 0.717) is 22.8 Å². The highest BCUT2D eigenvalue weighted by atomic mass is 32.2. The first-order valence-corrected chi connectivity index (χ1v) is 8.52. The molecule has 3 heterocycles. The molecule has 24 heavy (non-hydrogen) atoms. The van der Waals surface area contributed by atoms with Gasteiger partial charge in [-0.2, -0.15) is 5.10 Å². The van der Waals surface area contributed by atoms with Gasteiger partial charge >= 0.3 is 0 Å². The van der Waals surface area contributed by atoms with Crippen molar-refractivity contribution < 1.29 is 13.2 Å². The van der Waals surface area contributed by atoms with Crippen LogP contribution in [-0.4, -0.2) is 35.7 Å². The fourth-order valence-electron chi connectivity index (χ4n) is 2.05. The molecule has 0 amide bonds. The fourth-order valence-corrected chi connectivity index (χ4v) is 2.96. The van der Waals surface area contributed by atoms with Crippen molar-refractivity contribution in [3.8, 4) is 17.1 Å². The van der Waals surface area contributed by atoms with Gasteiger partial charge in [-0.3, -0.25) is 10.1 Å². The van der Waals surface area contributed by atoms with Crippen LogP contribution in [-0.2, 0) is 16.6 Å². The number of H-pyrrole nitrogens is 1. The predicted octanol–water partition coefficient (Wildman–Crippen LogP) is 1.35. The van der Waals surface area contributed by atoms with Gasteiger partial charge in [-0.1, -0.05) is 6.07 Å². The molecule has 0 aliphatic carbocycles. The summed E-state index contributed by atoms with van der Waals surface area (Å²) in [5.41, 5.74) is 1.79. The van der Waals surface area contributed by atoms with Gasteiger partial charge in [-0.25, -0.2) is 18.1 Å². The van der Waals surface area contributed by atoms with Crippen molar-refractivity contribution in [3.05, 3.63) is 54.5 Å². The van der Waals surface area contributed by atoms with E-state index < -0.39 is 10.0 Å². The number of hydrogen-bond donors (Lipinski definition) is 2. The van der Waals surface area contributed by atoms with Crippen molar-refractivity contribution in [2.75, 3.05) is 7.11 Å². The number of hydrogen-bond acceptors (Lipinski definition) is 6. The van der Waals surface area contributed by atoms with E-state index in [1.54, 1.807) is 18.3 Å². The molecule has 3 aromatic rings. The van der Waals surface area contributed by atoms with Crippen LogP contribution in [0, 0.1) is 0 Å². The van der Waals surface area contributed by atoms with Gasteiger partial charge in [0, 0.05) is 18.3 Å². The number of ether oxygens (including phenoxy) is 1. The number of sulfonamides is 1. The third-order valence-corrected chi connectivity index (χ3v) is 4.55. The number of methoxy groups -OCH3 is 1. The summed E-state index contributed by atoms with van der Waals surface area (Å²) < 4.78 is 32.0. The third-order valence-electron chi connectivity index (χ3n) is 3.22. The lowest BCUT2D eigenvalue weighted by molar-refractivity contribution is 0.413. The van der Waals surface area contributed by atoms with Crippen LogP contribution >= 0.6 is 0 Å². The van der Waals surface area contributed by atoms with Crippen LogP contribution in [0.3, 0.4) is 0 Å². The number of aromatic amines is 1. The Bertz CT molecular complexity index is 912. The first-order valence-electron chi connectivity index (χ1n) is 7.04. The van der Waals surface area contributed by atoms with E-state index >= 15 is 0 Å². The van der Waals surface area contributed by atoms with Gasteiger partial charge < -0.3 is 4.74 Å². The van der Waals surface area contributed by atoms with Crippen molar-refractivity contribution in [2.45, 2.75) is 11.6 Å². The zero-order chi connectivity index (χ0) is 17.0. The van der Waals surface area contributed by atoms with Gasteiger partial charge in [0.2, 0.25) is 0 Å². The number of aromatic nitrogens is 4. The fraction of sp³-hybridized carbons (Fsp3) is 0.133. The van der Waals surface area contributed by atoms with E-state index in [2.05, 4.69) is 24.9 Å². The van der Waals surface area contributed by atoms with E-state index in [9.17, 15) is 8.42 Å². The Morgan fingerprint density at radius 1 is 1.17 bits per heavy atom. The number of nitrogens with one attached hydrogen (secondary N) is 2. The molecule has 0 radical (unpaired) electrons. The Balaban J connectivity index is 1.86. The van der Waals surface area contributed by atoms with Crippen molar-refractivity contribution in [3.63, 3.8) is 0 Å². The second kappa shape index (κ2) is 6.77. The van der Waals surface area contributed by atoms with Crippen molar-refractivity contribution >= 4 is 10.0 Å². The van der Waals surface area contributed by atoms with Gasteiger partial charge in [0.1, 0.15) is 5.75 Å². The minimum absolute atomic E-state index is 0.00431. The SMILES string of the molecule is COc1cc(CNS(=O)(=O)c2ccn[nH]2)nc(-c2ccccn2)c1. The molecule has 0 bridgehead atoms. The van der Waals surface area contributed by atoms with E-state index in [4.69, 9.17) is 4.74 Å². The molecule has 3 rings (SSSR count). The molecule has 0 saturated heterocycles. The quantitative estimate of drug-likeness (QED) is 0.698. The lowest BCUT2D eigenvalue weighted by atomic mass is 10.2. The maximum atomic E-state index is 12.1. The van der Waals surface area contributed by atoms with Gasteiger partial charge in [0.05, 0.1) is 36.9 Å². The average Bonchev–Trinajstić information content (AvgIpc) is 3.16. The van der Waals surface area contributed by atoms with E-state index in [1.165, 1.54) is 19.4 Å². The second-order valence-corrected chi connectivity index (χ2v) is 6.58. The number of rotatable bonds is 6. The maximum absolute atomic E-state index is 12.1. The summed E-state index contributed by atoms with van der Waals surface area (Å²) in [5, 5.41) is 6.05. The van der Waals surface area contributed by atoms with Gasteiger partial charge in [-0.05, 0) is 18.2 Å². The minimum Gasteiger partial charge on any atom is -0.497 e. The molecule has 3 aromatic heterocycles. The monoisotopic (exact) mass is 345 g/mol. The molecule has 0 aliphatic heterocycles. The highest BCUT2D eigenvalue weighted by Gasteiger charge is 2.16. The lowest BCUT2D eigenvalue weighted by Gasteiger charge is -2.09. The highest BCUT2D eigenvalue weighted by Crippen LogP contribution is 2.21. The molecule has 0 spiro atoms. The topological polar surface area (TPSA) is 110 Å². The zero-order valence-corrected chi connectivity index (χ0v) is 13.6. The molecule has 2 N–H and O–H groups in total. The maximum Gasteiger partial charge on any atom is 0.257 e. The average molecular weight is 345 g/mol. The van der Waals surface area contributed by atoms with Gasteiger partial charge in [-0.15, -0.1) is 0 Å². The smallest absolute Gasteiger partial charge is 0.257 e. The summed E-state index contributed by atoms with van der Waals surface area (Å²) >= 11 is 0. The Kier molecular flexibility index (Phi) is 4.54. The molecular formula is C15H15N5O3S. The van der Waals surface area contributed by atoms with Crippen LogP contribution in [0.5, 0.6) is 5.75 Å². The largest absolute Gasteiger partial charge is 0.497 e. The van der Waals surface area contributed by atoms with Crippen LogP contribution in [0.4, 0.5) is 0 Å². The molecule has 8 nitrogen and oxygen atoms in total. The summed E-state index contributed by atoms with van der Waals surface area (Å²) in [4.78, 5) is 8.69. The summed E-state index contributed by atoms with van der Waals surface area (Å²) in [5.74, 6) is 0.571. The van der Waals surface area contributed by atoms with Crippen LogP contribution < -0.4 is 9.46 Å². The molecule has 0 saturated carbocycles. The van der Waals surface area contributed by atoms with Crippen molar-refractivity contribution in [2.24, 2.45) is 0 Å². The zero-order valence-electron chi connectivity index (χ0n) is 12.8. The molecule has 0 aliphatic rings. The van der Waals surface area contributed by atoms with Gasteiger partial charge in [0.15, 0.2) is 5.03 Å². The first kappa shape index (κ1) is 16.1. The second-order valence-electron chi connectivity index (χ2n) is 4.84. The van der Waals surface area contributed by atoms with E-state index in [-0.39, 0.29) is 11.6 Å². The Morgan fingerprint density at radius 2 is 2.04 bits per heavy atom. The highest BCUT2D eigenvalue weighted by molar-refractivity contribution is 7.89.